The lowest BCUT2D eigenvalue weighted by Crippen LogP contribution is -2.18. The molecule has 0 amide bonds. The summed E-state index contributed by atoms with van der Waals surface area (Å²) >= 11 is 3.40. The Labute approximate surface area is 85.7 Å². The monoisotopic (exact) mass is 242 g/mol. The zero-order chi connectivity index (χ0) is 9.64. The fourth-order valence-electron chi connectivity index (χ4n) is 1.67. The largest absolute Gasteiger partial charge is 0.508 e. The summed E-state index contributed by atoms with van der Waals surface area (Å²) in [6.45, 7) is 4.74. The molecule has 0 fully saturated rings. The second-order valence-electron chi connectivity index (χ2n) is 3.94. The topological polar surface area (TPSA) is 29.5 Å². The zero-order valence-corrected chi connectivity index (χ0v) is 9.18. The molecule has 0 saturated carbocycles. The molecule has 1 N–H and O–H groups in total. The van der Waals surface area contributed by atoms with Crippen LogP contribution in [0.2, 0.25) is 0 Å². The number of phenolic OH excluding ortho intramolecular Hbond substituents is 1. The Hall–Kier alpha value is -0.700. The van der Waals surface area contributed by atoms with Gasteiger partial charge in [0.05, 0.1) is 11.1 Å². The van der Waals surface area contributed by atoms with Gasteiger partial charge in [0.2, 0.25) is 0 Å². The molecule has 0 unspecified atom stereocenters. The van der Waals surface area contributed by atoms with Crippen LogP contribution < -0.4 is 4.74 Å². The summed E-state index contributed by atoms with van der Waals surface area (Å²) in [6, 6.07) is 3.49. The smallest absolute Gasteiger partial charge is 0.141 e. The summed E-state index contributed by atoms with van der Waals surface area (Å²) in [6.07, 6.45) is 0. The van der Waals surface area contributed by atoms with Crippen molar-refractivity contribution >= 4 is 15.9 Å². The van der Waals surface area contributed by atoms with E-state index in [4.69, 9.17) is 4.74 Å². The average molecular weight is 243 g/mol. The Morgan fingerprint density at radius 3 is 2.77 bits per heavy atom. The van der Waals surface area contributed by atoms with Crippen molar-refractivity contribution in [2.24, 2.45) is 0 Å². The van der Waals surface area contributed by atoms with E-state index in [1.807, 2.05) is 0 Å². The standard InChI is InChI=1S/C10H11BrO2/c1-10(2)5-13-9-6(11)3-4-7(12)8(9)10/h3-4,12H,5H2,1-2H3. The molecule has 1 aromatic carbocycles. The van der Waals surface area contributed by atoms with Crippen molar-refractivity contribution in [3.8, 4) is 11.5 Å². The molecule has 2 nitrogen and oxygen atoms in total. The number of hydrogen-bond acceptors (Lipinski definition) is 2. The minimum absolute atomic E-state index is 0.0941. The lowest BCUT2D eigenvalue weighted by Gasteiger charge is -2.16. The third-order valence-electron chi connectivity index (χ3n) is 2.34. The molecule has 1 aliphatic rings. The molecule has 2 rings (SSSR count). The first-order valence-corrected chi connectivity index (χ1v) is 4.96. The predicted octanol–water partition coefficient (Wildman–Crippen LogP) is 2.82. The second kappa shape index (κ2) is 2.64. The number of phenols is 1. The first kappa shape index (κ1) is 8.88. The molecule has 0 saturated heterocycles. The highest BCUT2D eigenvalue weighted by Gasteiger charge is 2.35. The highest BCUT2D eigenvalue weighted by Crippen LogP contribution is 2.47. The van der Waals surface area contributed by atoms with E-state index in [0.717, 1.165) is 15.8 Å². The first-order valence-electron chi connectivity index (χ1n) is 4.17. The molecule has 0 atom stereocenters. The van der Waals surface area contributed by atoms with E-state index in [0.29, 0.717) is 12.4 Å². The van der Waals surface area contributed by atoms with Crippen molar-refractivity contribution in [1.82, 2.24) is 0 Å². The second-order valence-corrected chi connectivity index (χ2v) is 4.80. The van der Waals surface area contributed by atoms with Gasteiger partial charge >= 0.3 is 0 Å². The summed E-state index contributed by atoms with van der Waals surface area (Å²) in [5.41, 5.74) is 0.810. The number of benzene rings is 1. The van der Waals surface area contributed by atoms with Crippen LogP contribution in [0.3, 0.4) is 0 Å². The highest BCUT2D eigenvalue weighted by atomic mass is 79.9. The molecular formula is C10H11BrO2. The Morgan fingerprint density at radius 1 is 1.46 bits per heavy atom. The molecule has 0 radical (unpaired) electrons. The molecule has 70 valence electrons. The van der Waals surface area contributed by atoms with Gasteiger partial charge in [-0.1, -0.05) is 13.8 Å². The normalized spacial score (nSPS) is 18.1. The summed E-state index contributed by atoms with van der Waals surface area (Å²) in [4.78, 5) is 0. The minimum Gasteiger partial charge on any atom is -0.508 e. The summed E-state index contributed by atoms with van der Waals surface area (Å²) < 4.78 is 6.43. The summed E-state index contributed by atoms with van der Waals surface area (Å²) in [5, 5.41) is 9.69. The zero-order valence-electron chi connectivity index (χ0n) is 7.60. The molecular weight excluding hydrogens is 232 g/mol. The maximum absolute atomic E-state index is 9.69. The van der Waals surface area contributed by atoms with Crippen LogP contribution in [-0.2, 0) is 5.41 Å². The molecule has 1 aromatic rings. The molecule has 0 aliphatic carbocycles. The van der Waals surface area contributed by atoms with Gasteiger partial charge in [-0.25, -0.2) is 0 Å². The average Bonchev–Trinajstić information content (AvgIpc) is 2.36. The van der Waals surface area contributed by atoms with Gasteiger partial charge in [0, 0.05) is 11.0 Å². The van der Waals surface area contributed by atoms with Gasteiger partial charge in [-0.3, -0.25) is 0 Å². The van der Waals surface area contributed by atoms with E-state index in [1.54, 1.807) is 12.1 Å². The van der Waals surface area contributed by atoms with Crippen molar-refractivity contribution in [3.63, 3.8) is 0 Å². The lowest BCUT2D eigenvalue weighted by molar-refractivity contribution is 0.289. The number of rotatable bonds is 0. The van der Waals surface area contributed by atoms with Crippen molar-refractivity contribution in [3.05, 3.63) is 22.2 Å². The van der Waals surface area contributed by atoms with Gasteiger partial charge in [0.25, 0.3) is 0 Å². The van der Waals surface area contributed by atoms with E-state index in [9.17, 15) is 5.11 Å². The first-order chi connectivity index (χ1) is 6.02. The predicted molar refractivity (Wildman–Crippen MR) is 54.3 cm³/mol. The van der Waals surface area contributed by atoms with E-state index >= 15 is 0 Å². The van der Waals surface area contributed by atoms with Crippen LogP contribution in [0.15, 0.2) is 16.6 Å². The molecule has 0 aromatic heterocycles. The third kappa shape index (κ3) is 1.22. The summed E-state index contributed by atoms with van der Waals surface area (Å²) in [7, 11) is 0. The third-order valence-corrected chi connectivity index (χ3v) is 2.97. The number of fused-ring (bicyclic) bond motifs is 1. The van der Waals surface area contributed by atoms with E-state index in [1.165, 1.54) is 0 Å². The SMILES string of the molecule is CC1(C)COc2c(Br)ccc(O)c21. The van der Waals surface area contributed by atoms with Gasteiger partial charge in [-0.15, -0.1) is 0 Å². The van der Waals surface area contributed by atoms with Gasteiger partial charge in [0.1, 0.15) is 11.5 Å². The number of halogens is 1. The van der Waals surface area contributed by atoms with Crippen LogP contribution in [-0.4, -0.2) is 11.7 Å². The van der Waals surface area contributed by atoms with Crippen molar-refractivity contribution in [1.29, 1.82) is 0 Å². The molecule has 3 heteroatoms. The van der Waals surface area contributed by atoms with Crippen LogP contribution in [0.25, 0.3) is 0 Å². The van der Waals surface area contributed by atoms with Gasteiger partial charge in [-0.2, -0.15) is 0 Å². The van der Waals surface area contributed by atoms with E-state index in [2.05, 4.69) is 29.8 Å². The maximum atomic E-state index is 9.69. The van der Waals surface area contributed by atoms with Crippen LogP contribution in [0.4, 0.5) is 0 Å². The van der Waals surface area contributed by atoms with Gasteiger partial charge in [0.15, 0.2) is 0 Å². The van der Waals surface area contributed by atoms with Crippen molar-refractivity contribution in [2.45, 2.75) is 19.3 Å². The maximum Gasteiger partial charge on any atom is 0.141 e. The van der Waals surface area contributed by atoms with Crippen LogP contribution in [0.1, 0.15) is 19.4 Å². The van der Waals surface area contributed by atoms with Crippen LogP contribution in [0, 0.1) is 0 Å². The fraction of sp³-hybridized carbons (Fsp3) is 0.400. The quantitative estimate of drug-likeness (QED) is 0.759. The van der Waals surface area contributed by atoms with Crippen LogP contribution >= 0.6 is 15.9 Å². The molecule has 0 spiro atoms. The number of aromatic hydroxyl groups is 1. The van der Waals surface area contributed by atoms with Gasteiger partial charge < -0.3 is 9.84 Å². The van der Waals surface area contributed by atoms with E-state index < -0.39 is 0 Å². The Kier molecular flexibility index (Phi) is 1.80. The molecule has 13 heavy (non-hydrogen) atoms. The molecule has 1 aliphatic heterocycles. The Bertz CT molecular complexity index is 358. The molecule has 0 bridgehead atoms. The van der Waals surface area contributed by atoms with Crippen LogP contribution in [0.5, 0.6) is 11.5 Å². The van der Waals surface area contributed by atoms with Gasteiger partial charge in [-0.05, 0) is 28.1 Å². The Morgan fingerprint density at radius 2 is 2.15 bits per heavy atom. The summed E-state index contributed by atoms with van der Waals surface area (Å²) in [5.74, 6) is 1.10. The minimum atomic E-state index is -0.0941. The lowest BCUT2D eigenvalue weighted by atomic mass is 9.86. The number of ether oxygens (including phenoxy) is 1. The number of hydrogen-bond donors (Lipinski definition) is 1. The van der Waals surface area contributed by atoms with Crippen molar-refractivity contribution in [2.75, 3.05) is 6.61 Å². The van der Waals surface area contributed by atoms with E-state index in [-0.39, 0.29) is 5.41 Å². The Balaban J connectivity index is 2.70. The molecule has 1 heterocycles. The highest BCUT2D eigenvalue weighted by molar-refractivity contribution is 9.10. The van der Waals surface area contributed by atoms with Crippen molar-refractivity contribution < 1.29 is 9.84 Å². The fourth-order valence-corrected chi connectivity index (χ4v) is 2.11.